The van der Waals surface area contributed by atoms with Crippen molar-refractivity contribution in [2.75, 3.05) is 25.4 Å². The quantitative estimate of drug-likeness (QED) is 0.833. The third-order valence-electron chi connectivity index (χ3n) is 4.17. The van der Waals surface area contributed by atoms with Crippen LogP contribution in [0, 0.1) is 5.92 Å². The lowest BCUT2D eigenvalue weighted by molar-refractivity contribution is 0.0319. The van der Waals surface area contributed by atoms with E-state index in [2.05, 4.69) is 0 Å². The summed E-state index contributed by atoms with van der Waals surface area (Å²) in [7, 11) is -3.30. The molecule has 0 radical (unpaired) electrons. The Morgan fingerprint density at radius 2 is 2.19 bits per heavy atom. The standard InChI is InChI=1S/C15H24N2O3S/c1-12-5-6-17(11-15(12)18)7-8-21(19,20)14-4-2-3-13(9-14)10-16/h2-4,9,12,15,18H,5-8,10-11,16H2,1H3. The topological polar surface area (TPSA) is 83.6 Å². The van der Waals surface area contributed by atoms with Gasteiger partial charge >= 0.3 is 0 Å². The van der Waals surface area contributed by atoms with Crippen LogP contribution in [0.5, 0.6) is 0 Å². The molecular weight excluding hydrogens is 288 g/mol. The number of likely N-dealkylation sites (tertiary alicyclic amines) is 1. The first-order valence-corrected chi connectivity index (χ1v) is 9.00. The Bertz CT molecular complexity index is 574. The van der Waals surface area contributed by atoms with Gasteiger partial charge in [0, 0.05) is 19.6 Å². The summed E-state index contributed by atoms with van der Waals surface area (Å²) >= 11 is 0. The Kier molecular flexibility index (Phi) is 5.37. The number of hydrogen-bond donors (Lipinski definition) is 2. The van der Waals surface area contributed by atoms with Crippen LogP contribution in [-0.4, -0.2) is 49.9 Å². The molecule has 0 bridgehead atoms. The molecule has 0 aromatic heterocycles. The molecule has 0 spiro atoms. The molecule has 1 aromatic carbocycles. The van der Waals surface area contributed by atoms with Gasteiger partial charge in [-0.25, -0.2) is 8.42 Å². The van der Waals surface area contributed by atoms with Gasteiger partial charge in [-0.05, 0) is 36.6 Å². The van der Waals surface area contributed by atoms with Gasteiger partial charge in [0.25, 0.3) is 0 Å². The van der Waals surface area contributed by atoms with Crippen LogP contribution in [0.15, 0.2) is 29.2 Å². The van der Waals surface area contributed by atoms with Gasteiger partial charge in [0.05, 0.1) is 16.8 Å². The molecule has 2 rings (SSSR count). The smallest absolute Gasteiger partial charge is 0.179 e. The number of nitrogens with zero attached hydrogens (tertiary/aromatic N) is 1. The number of aliphatic hydroxyl groups is 1. The fraction of sp³-hybridized carbons (Fsp3) is 0.600. The normalized spacial score (nSPS) is 24.1. The highest BCUT2D eigenvalue weighted by Gasteiger charge is 2.25. The first-order chi connectivity index (χ1) is 9.92. The van der Waals surface area contributed by atoms with Gasteiger partial charge in [0.15, 0.2) is 9.84 Å². The predicted molar refractivity (Wildman–Crippen MR) is 82.6 cm³/mol. The molecule has 6 heteroatoms. The molecule has 1 aliphatic rings. The van der Waals surface area contributed by atoms with Crippen LogP contribution in [0.1, 0.15) is 18.9 Å². The summed E-state index contributed by atoms with van der Waals surface area (Å²) in [6.45, 7) is 4.21. The predicted octanol–water partition coefficient (Wildman–Crippen LogP) is 0.622. The van der Waals surface area contributed by atoms with Crippen molar-refractivity contribution >= 4 is 9.84 Å². The van der Waals surface area contributed by atoms with Crippen molar-refractivity contribution in [1.82, 2.24) is 4.90 Å². The van der Waals surface area contributed by atoms with E-state index in [0.29, 0.717) is 30.4 Å². The molecule has 0 saturated carbocycles. The van der Waals surface area contributed by atoms with E-state index in [9.17, 15) is 13.5 Å². The summed E-state index contributed by atoms with van der Waals surface area (Å²) in [6, 6.07) is 6.80. The van der Waals surface area contributed by atoms with Crippen molar-refractivity contribution < 1.29 is 13.5 Å². The van der Waals surface area contributed by atoms with Crippen LogP contribution in [0.2, 0.25) is 0 Å². The van der Waals surface area contributed by atoms with Crippen LogP contribution in [0.4, 0.5) is 0 Å². The minimum Gasteiger partial charge on any atom is -0.392 e. The van der Waals surface area contributed by atoms with E-state index in [0.717, 1.165) is 18.5 Å². The van der Waals surface area contributed by atoms with E-state index < -0.39 is 9.84 Å². The second-order valence-corrected chi connectivity index (χ2v) is 7.91. The van der Waals surface area contributed by atoms with Crippen LogP contribution >= 0.6 is 0 Å². The highest BCUT2D eigenvalue weighted by Crippen LogP contribution is 2.18. The average Bonchev–Trinajstić information content (AvgIpc) is 2.48. The molecular formula is C15H24N2O3S. The summed E-state index contributed by atoms with van der Waals surface area (Å²) in [4.78, 5) is 2.35. The molecule has 3 N–H and O–H groups in total. The zero-order chi connectivity index (χ0) is 15.5. The van der Waals surface area contributed by atoms with E-state index >= 15 is 0 Å². The van der Waals surface area contributed by atoms with Gasteiger partial charge in [0.1, 0.15) is 0 Å². The lowest BCUT2D eigenvalue weighted by Gasteiger charge is -2.34. The van der Waals surface area contributed by atoms with Gasteiger partial charge < -0.3 is 10.8 Å². The van der Waals surface area contributed by atoms with Gasteiger partial charge in [0.2, 0.25) is 0 Å². The number of aliphatic hydroxyl groups excluding tert-OH is 1. The third kappa shape index (κ3) is 4.26. The van der Waals surface area contributed by atoms with E-state index in [1.165, 1.54) is 0 Å². The summed E-state index contributed by atoms with van der Waals surface area (Å²) in [5.41, 5.74) is 6.37. The van der Waals surface area contributed by atoms with Crippen molar-refractivity contribution in [2.45, 2.75) is 30.9 Å². The maximum absolute atomic E-state index is 12.4. The first kappa shape index (κ1) is 16.4. The molecule has 1 fully saturated rings. The Morgan fingerprint density at radius 3 is 2.86 bits per heavy atom. The Hall–Kier alpha value is -0.950. The van der Waals surface area contributed by atoms with Gasteiger partial charge in [-0.3, -0.25) is 4.90 Å². The fourth-order valence-electron chi connectivity index (χ4n) is 2.55. The van der Waals surface area contributed by atoms with E-state index in [1.54, 1.807) is 18.2 Å². The molecule has 0 aliphatic carbocycles. The minimum absolute atomic E-state index is 0.0716. The fourth-order valence-corrected chi connectivity index (χ4v) is 3.90. The maximum Gasteiger partial charge on any atom is 0.179 e. The van der Waals surface area contributed by atoms with Crippen molar-refractivity contribution in [1.29, 1.82) is 0 Å². The molecule has 1 aromatic rings. The maximum atomic E-state index is 12.4. The number of hydrogen-bond acceptors (Lipinski definition) is 5. The Balaban J connectivity index is 1.98. The molecule has 21 heavy (non-hydrogen) atoms. The summed E-state index contributed by atoms with van der Waals surface area (Å²) in [6.07, 6.45) is 0.547. The summed E-state index contributed by atoms with van der Waals surface area (Å²) in [5.74, 6) is 0.362. The van der Waals surface area contributed by atoms with Crippen molar-refractivity contribution in [2.24, 2.45) is 11.7 Å². The molecule has 5 nitrogen and oxygen atoms in total. The first-order valence-electron chi connectivity index (χ1n) is 7.34. The minimum atomic E-state index is -3.30. The van der Waals surface area contributed by atoms with Crippen LogP contribution < -0.4 is 5.73 Å². The second kappa shape index (κ2) is 6.87. The van der Waals surface area contributed by atoms with Crippen molar-refractivity contribution in [3.05, 3.63) is 29.8 Å². The van der Waals surface area contributed by atoms with Gasteiger partial charge in [-0.1, -0.05) is 19.1 Å². The van der Waals surface area contributed by atoms with Crippen molar-refractivity contribution in [3.63, 3.8) is 0 Å². The SMILES string of the molecule is CC1CCN(CCS(=O)(=O)c2cccc(CN)c2)CC1O. The summed E-state index contributed by atoms with van der Waals surface area (Å²) < 4.78 is 24.7. The second-order valence-electron chi connectivity index (χ2n) is 5.80. The number of β-amino-alcohol motifs (C(OH)–C–C–N with tert-alkyl or cyclic N) is 1. The van der Waals surface area contributed by atoms with Crippen LogP contribution in [-0.2, 0) is 16.4 Å². The number of rotatable bonds is 5. The molecule has 1 saturated heterocycles. The summed E-state index contributed by atoms with van der Waals surface area (Å²) in [5, 5.41) is 9.86. The van der Waals surface area contributed by atoms with E-state index in [-0.39, 0.29) is 11.9 Å². The Morgan fingerprint density at radius 1 is 1.43 bits per heavy atom. The zero-order valence-electron chi connectivity index (χ0n) is 12.4. The lowest BCUT2D eigenvalue weighted by atomic mass is 9.96. The molecule has 1 aliphatic heterocycles. The van der Waals surface area contributed by atoms with E-state index in [4.69, 9.17) is 5.73 Å². The van der Waals surface area contributed by atoms with Crippen molar-refractivity contribution in [3.8, 4) is 0 Å². The molecule has 1 heterocycles. The van der Waals surface area contributed by atoms with Crippen LogP contribution in [0.3, 0.4) is 0 Å². The van der Waals surface area contributed by atoms with E-state index in [1.807, 2.05) is 17.9 Å². The highest BCUT2D eigenvalue weighted by molar-refractivity contribution is 7.91. The number of nitrogens with two attached hydrogens (primary N) is 1. The number of benzene rings is 1. The molecule has 2 atom stereocenters. The Labute approximate surface area is 126 Å². The van der Waals surface area contributed by atoms with Crippen LogP contribution in [0.25, 0.3) is 0 Å². The highest BCUT2D eigenvalue weighted by atomic mass is 32.2. The number of piperidine rings is 1. The van der Waals surface area contributed by atoms with Gasteiger partial charge in [-0.2, -0.15) is 0 Å². The molecule has 0 amide bonds. The molecule has 2 unspecified atom stereocenters. The third-order valence-corrected chi connectivity index (χ3v) is 5.86. The average molecular weight is 312 g/mol. The largest absolute Gasteiger partial charge is 0.392 e. The zero-order valence-corrected chi connectivity index (χ0v) is 13.2. The van der Waals surface area contributed by atoms with Gasteiger partial charge in [-0.15, -0.1) is 0 Å². The monoisotopic (exact) mass is 312 g/mol. The lowest BCUT2D eigenvalue weighted by Crippen LogP contribution is -2.44. The molecule has 118 valence electrons. The number of sulfone groups is 1.